The minimum absolute atomic E-state index is 0.0845. The number of amides is 1. The van der Waals surface area contributed by atoms with Crippen molar-refractivity contribution in [3.8, 4) is 0 Å². The van der Waals surface area contributed by atoms with E-state index in [0.717, 1.165) is 84.2 Å². The molecule has 222 valence electrons. The Hall–Kier alpha value is -2.02. The molecule has 4 unspecified atom stereocenters. The summed E-state index contributed by atoms with van der Waals surface area (Å²) in [7, 11) is 0. The third-order valence-electron chi connectivity index (χ3n) is 11.7. The van der Waals surface area contributed by atoms with Crippen molar-refractivity contribution in [2.45, 2.75) is 108 Å². The van der Waals surface area contributed by atoms with E-state index in [1.165, 1.54) is 42.4 Å². The predicted octanol–water partition coefficient (Wildman–Crippen LogP) is 5.78. The summed E-state index contributed by atoms with van der Waals surface area (Å²) in [6.07, 6.45) is 20.7. The number of aliphatic imine (C=N–C) groups is 1. The monoisotopic (exact) mass is 558 g/mol. The zero-order valence-electron chi connectivity index (χ0n) is 25.2. The van der Waals surface area contributed by atoms with Crippen LogP contribution in [-0.4, -0.2) is 72.9 Å². The molecule has 1 amide bonds. The lowest BCUT2D eigenvalue weighted by Crippen LogP contribution is -2.51. The van der Waals surface area contributed by atoms with E-state index in [9.17, 15) is 4.79 Å². The van der Waals surface area contributed by atoms with Crippen molar-refractivity contribution in [3.05, 3.63) is 47.0 Å². The van der Waals surface area contributed by atoms with Gasteiger partial charge in [0.25, 0.3) is 0 Å². The third kappa shape index (κ3) is 5.34. The smallest absolute Gasteiger partial charge is 0.236 e. The standard InChI is InChI=1S/C35H50N4O2/c1-26-8-7-18-37-33(26)34(17-23-41-35(25-34)14-2-3-15-35)16-19-36-29-11-12-30-32-27(9-6-10-28(29)32)13-22-39(30)24-31(40)38-20-4-5-21-38/h6-10,18,26,29-30,33,36H,2-5,11-17,19-25H2,1H3/t26?,29?,30?,33?,34-/m1/s1. The van der Waals surface area contributed by atoms with E-state index >= 15 is 0 Å². The van der Waals surface area contributed by atoms with Crippen LogP contribution in [0.25, 0.3) is 0 Å². The van der Waals surface area contributed by atoms with Gasteiger partial charge in [-0.3, -0.25) is 14.7 Å². The van der Waals surface area contributed by atoms with Crippen molar-refractivity contribution in [1.82, 2.24) is 15.1 Å². The van der Waals surface area contributed by atoms with Gasteiger partial charge >= 0.3 is 0 Å². The third-order valence-corrected chi connectivity index (χ3v) is 11.7. The highest BCUT2D eigenvalue weighted by molar-refractivity contribution is 5.78. The second-order valence-corrected chi connectivity index (χ2v) is 14.1. The molecule has 0 bridgehead atoms. The van der Waals surface area contributed by atoms with E-state index in [1.807, 2.05) is 6.21 Å². The fraction of sp³-hybridized carbons (Fsp3) is 0.714. The highest BCUT2D eigenvalue weighted by atomic mass is 16.5. The molecule has 0 aromatic heterocycles. The zero-order valence-corrected chi connectivity index (χ0v) is 25.2. The molecule has 4 heterocycles. The van der Waals surface area contributed by atoms with Gasteiger partial charge in [-0.25, -0.2) is 0 Å². The second-order valence-electron chi connectivity index (χ2n) is 14.1. The van der Waals surface area contributed by atoms with Crippen LogP contribution in [-0.2, 0) is 16.0 Å². The number of likely N-dealkylation sites (tertiary alicyclic amines) is 1. The lowest BCUT2D eigenvalue weighted by molar-refractivity contribution is -0.133. The highest BCUT2D eigenvalue weighted by Gasteiger charge is 2.51. The molecule has 3 fully saturated rings. The Balaban J connectivity index is 1.07. The fourth-order valence-electron chi connectivity index (χ4n) is 9.64. The number of benzene rings is 1. The normalized spacial score (nSPS) is 34.3. The number of hydrogen-bond donors (Lipinski definition) is 1. The number of carbonyl (C=O) groups is 1. The van der Waals surface area contributed by atoms with Gasteiger partial charge in [-0.15, -0.1) is 0 Å². The number of hydrogen-bond acceptors (Lipinski definition) is 5. The van der Waals surface area contributed by atoms with Crippen LogP contribution < -0.4 is 5.32 Å². The summed E-state index contributed by atoms with van der Waals surface area (Å²) in [6, 6.07) is 8.09. The summed E-state index contributed by atoms with van der Waals surface area (Å²) in [5.74, 6) is 0.808. The molecule has 5 atom stereocenters. The topological polar surface area (TPSA) is 57.2 Å². The van der Waals surface area contributed by atoms with Crippen molar-refractivity contribution >= 4 is 12.1 Å². The van der Waals surface area contributed by atoms with Crippen LogP contribution in [0.2, 0.25) is 0 Å². The molecule has 2 saturated heterocycles. The van der Waals surface area contributed by atoms with Crippen molar-refractivity contribution in [2.24, 2.45) is 16.3 Å². The van der Waals surface area contributed by atoms with Crippen LogP contribution >= 0.6 is 0 Å². The Bertz CT molecular complexity index is 1170. The second kappa shape index (κ2) is 11.6. The van der Waals surface area contributed by atoms with Crippen LogP contribution in [0.5, 0.6) is 0 Å². The largest absolute Gasteiger partial charge is 0.375 e. The molecule has 2 aliphatic carbocycles. The lowest BCUT2D eigenvalue weighted by atomic mass is 9.62. The first-order valence-corrected chi connectivity index (χ1v) is 16.8. The summed E-state index contributed by atoms with van der Waals surface area (Å²) in [6.45, 7) is 7.74. The Morgan fingerprint density at radius 2 is 1.95 bits per heavy atom. The zero-order chi connectivity index (χ0) is 27.9. The highest BCUT2D eigenvalue weighted by Crippen LogP contribution is 2.53. The molecule has 7 rings (SSSR count). The van der Waals surface area contributed by atoms with Gasteiger partial charge in [-0.2, -0.15) is 0 Å². The van der Waals surface area contributed by atoms with E-state index in [-0.39, 0.29) is 11.0 Å². The number of nitrogens with zero attached hydrogens (tertiary/aromatic N) is 3. The molecule has 6 heteroatoms. The Morgan fingerprint density at radius 3 is 2.78 bits per heavy atom. The number of nitrogens with one attached hydrogen (secondary N) is 1. The molecule has 1 aromatic carbocycles. The summed E-state index contributed by atoms with van der Waals surface area (Å²) in [5, 5.41) is 4.07. The molecule has 0 radical (unpaired) electrons. The number of ether oxygens (including phenoxy) is 1. The van der Waals surface area contributed by atoms with E-state index in [4.69, 9.17) is 9.73 Å². The van der Waals surface area contributed by atoms with Crippen molar-refractivity contribution in [2.75, 3.05) is 39.3 Å². The SMILES string of the molecule is CC1C=CC=NC1[C@]1(CCNC2CCC3c4c(cccc42)CCN3CC(=O)N2CCCC2)CCOC2(CCCC2)C1. The molecule has 1 spiro atoms. The number of rotatable bonds is 7. The molecule has 1 N–H and O–H groups in total. The predicted molar refractivity (Wildman–Crippen MR) is 164 cm³/mol. The number of carbonyl (C=O) groups excluding carboxylic acids is 1. The molecule has 4 aliphatic heterocycles. The van der Waals surface area contributed by atoms with Crippen molar-refractivity contribution < 1.29 is 9.53 Å². The lowest BCUT2D eigenvalue weighted by Gasteiger charge is -2.51. The van der Waals surface area contributed by atoms with Crippen LogP contribution in [0, 0.1) is 11.3 Å². The van der Waals surface area contributed by atoms with E-state index < -0.39 is 0 Å². The van der Waals surface area contributed by atoms with Gasteiger partial charge in [0.2, 0.25) is 5.91 Å². The molecular formula is C35H50N4O2. The van der Waals surface area contributed by atoms with Gasteiger partial charge in [-0.1, -0.05) is 44.0 Å². The van der Waals surface area contributed by atoms with Crippen LogP contribution in [0.1, 0.15) is 106 Å². The van der Waals surface area contributed by atoms with Crippen LogP contribution in [0.15, 0.2) is 35.3 Å². The Morgan fingerprint density at radius 1 is 1.10 bits per heavy atom. The molecule has 6 aliphatic rings. The molecular weight excluding hydrogens is 508 g/mol. The fourth-order valence-corrected chi connectivity index (χ4v) is 9.64. The van der Waals surface area contributed by atoms with Gasteiger partial charge in [0.1, 0.15) is 0 Å². The van der Waals surface area contributed by atoms with Gasteiger partial charge in [0.15, 0.2) is 0 Å². The maximum Gasteiger partial charge on any atom is 0.236 e. The van der Waals surface area contributed by atoms with Crippen LogP contribution in [0.4, 0.5) is 0 Å². The molecule has 6 nitrogen and oxygen atoms in total. The average Bonchev–Trinajstić information content (AvgIpc) is 3.69. The van der Waals surface area contributed by atoms with E-state index in [0.29, 0.717) is 36.5 Å². The van der Waals surface area contributed by atoms with Gasteiger partial charge < -0.3 is 15.0 Å². The number of allylic oxidation sites excluding steroid dienone is 1. The Kier molecular flexibility index (Phi) is 7.85. The van der Waals surface area contributed by atoms with Crippen LogP contribution in [0.3, 0.4) is 0 Å². The maximum atomic E-state index is 13.1. The summed E-state index contributed by atoms with van der Waals surface area (Å²) in [5.41, 5.74) is 4.79. The van der Waals surface area contributed by atoms with Crippen molar-refractivity contribution in [1.29, 1.82) is 0 Å². The first kappa shape index (κ1) is 27.8. The minimum atomic E-state index is 0.0845. The van der Waals surface area contributed by atoms with Gasteiger partial charge in [0.05, 0.1) is 18.2 Å². The van der Waals surface area contributed by atoms with Gasteiger partial charge in [0, 0.05) is 44.5 Å². The first-order chi connectivity index (χ1) is 20.1. The summed E-state index contributed by atoms with van der Waals surface area (Å²) >= 11 is 0. The van der Waals surface area contributed by atoms with E-state index in [2.05, 4.69) is 52.4 Å². The average molecular weight is 559 g/mol. The molecule has 41 heavy (non-hydrogen) atoms. The Labute approximate surface area is 247 Å². The molecule has 1 aromatic rings. The molecule has 1 saturated carbocycles. The quantitative estimate of drug-likeness (QED) is 0.461. The first-order valence-electron chi connectivity index (χ1n) is 16.8. The minimum Gasteiger partial charge on any atom is -0.375 e. The summed E-state index contributed by atoms with van der Waals surface area (Å²) in [4.78, 5) is 22.8. The summed E-state index contributed by atoms with van der Waals surface area (Å²) < 4.78 is 6.54. The number of dihydropyridines is 1. The van der Waals surface area contributed by atoms with Crippen molar-refractivity contribution in [3.63, 3.8) is 0 Å². The van der Waals surface area contributed by atoms with Gasteiger partial charge in [-0.05, 0) is 105 Å². The maximum absolute atomic E-state index is 13.1. The van der Waals surface area contributed by atoms with E-state index in [1.54, 1.807) is 0 Å².